The first-order chi connectivity index (χ1) is 11.6. The minimum absolute atomic E-state index is 0. The zero-order valence-corrected chi connectivity index (χ0v) is 15.6. The Morgan fingerprint density at radius 3 is 2.36 bits per heavy atom. The van der Waals surface area contributed by atoms with Crippen LogP contribution in [0, 0.1) is 5.92 Å². The summed E-state index contributed by atoms with van der Waals surface area (Å²) in [4.78, 5) is 17.1. The van der Waals surface area contributed by atoms with Gasteiger partial charge in [-0.25, -0.2) is 0 Å². The Morgan fingerprint density at radius 2 is 1.68 bits per heavy atom. The first-order valence-electron chi connectivity index (χ1n) is 8.47. The summed E-state index contributed by atoms with van der Waals surface area (Å²) in [5, 5.41) is 0. The normalized spacial score (nSPS) is 18.0. The minimum atomic E-state index is -0.276. The number of nitrogens with zero attached hydrogens (tertiary/aromatic N) is 2. The van der Waals surface area contributed by atoms with Crippen molar-refractivity contribution < 1.29 is 4.79 Å². The van der Waals surface area contributed by atoms with E-state index in [0.29, 0.717) is 12.3 Å². The summed E-state index contributed by atoms with van der Waals surface area (Å²) in [5.74, 6) is 0.486. The molecule has 0 spiro atoms. The van der Waals surface area contributed by atoms with Crippen LogP contribution in [0.15, 0.2) is 54.6 Å². The monoisotopic (exact) mass is 359 g/mol. The van der Waals surface area contributed by atoms with Crippen LogP contribution in [0.2, 0.25) is 0 Å². The van der Waals surface area contributed by atoms with Crippen molar-refractivity contribution in [2.24, 2.45) is 11.7 Å². The van der Waals surface area contributed by atoms with Gasteiger partial charge < -0.3 is 15.5 Å². The highest BCUT2D eigenvalue weighted by Crippen LogP contribution is 2.33. The van der Waals surface area contributed by atoms with Crippen LogP contribution in [-0.2, 0) is 4.79 Å². The summed E-state index contributed by atoms with van der Waals surface area (Å²) >= 11 is 0. The molecule has 2 aromatic rings. The second kappa shape index (κ2) is 8.37. The molecule has 0 saturated heterocycles. The summed E-state index contributed by atoms with van der Waals surface area (Å²) < 4.78 is 0. The second-order valence-corrected chi connectivity index (χ2v) is 6.70. The zero-order chi connectivity index (χ0) is 17.1. The zero-order valence-electron chi connectivity index (χ0n) is 14.8. The van der Waals surface area contributed by atoms with Crippen molar-refractivity contribution in [3.63, 3.8) is 0 Å². The summed E-state index contributed by atoms with van der Waals surface area (Å²) in [6.07, 6.45) is 0.314. The molecule has 1 amide bonds. The van der Waals surface area contributed by atoms with Crippen LogP contribution in [0.25, 0.3) is 0 Å². The number of hydrogen-bond acceptors (Lipinski definition) is 3. The van der Waals surface area contributed by atoms with Gasteiger partial charge in [-0.05, 0) is 23.6 Å². The van der Waals surface area contributed by atoms with E-state index in [1.54, 1.807) is 0 Å². The highest BCUT2D eigenvalue weighted by Gasteiger charge is 2.27. The van der Waals surface area contributed by atoms with Crippen LogP contribution in [-0.4, -0.2) is 26.0 Å². The number of carbonyl (C=O) groups excluding carboxylic acids is 1. The number of para-hydroxylation sites is 2. The van der Waals surface area contributed by atoms with Crippen molar-refractivity contribution in [3.05, 3.63) is 60.2 Å². The molecule has 1 heterocycles. The molecule has 2 aromatic carbocycles. The molecule has 0 aromatic heterocycles. The largest absolute Gasteiger partial charge is 0.373 e. The molecule has 2 atom stereocenters. The number of amides is 1. The fourth-order valence-electron chi connectivity index (χ4n) is 3.40. The number of carbonyl (C=O) groups is 1. The number of halogens is 1. The molecule has 1 aliphatic rings. The van der Waals surface area contributed by atoms with Crippen molar-refractivity contribution in [2.45, 2.75) is 19.4 Å². The van der Waals surface area contributed by atoms with E-state index in [4.69, 9.17) is 5.73 Å². The Kier molecular flexibility index (Phi) is 6.45. The highest BCUT2D eigenvalue weighted by molar-refractivity contribution is 5.97. The lowest BCUT2D eigenvalue weighted by atomic mass is 10.0. The lowest BCUT2D eigenvalue weighted by Crippen LogP contribution is -2.36. The van der Waals surface area contributed by atoms with Gasteiger partial charge in [0.25, 0.3) is 0 Å². The predicted octanol–water partition coefficient (Wildman–Crippen LogP) is 3.62. The van der Waals surface area contributed by atoms with Crippen molar-refractivity contribution >= 4 is 29.7 Å². The minimum Gasteiger partial charge on any atom is -0.373 e. The Bertz CT molecular complexity index is 707. The molecule has 0 fully saturated rings. The number of fused-ring (bicyclic) bond motifs is 1. The summed E-state index contributed by atoms with van der Waals surface area (Å²) in [7, 11) is 2.08. The van der Waals surface area contributed by atoms with Crippen LogP contribution in [0.4, 0.5) is 11.4 Å². The van der Waals surface area contributed by atoms with E-state index in [1.165, 1.54) is 0 Å². The third kappa shape index (κ3) is 4.33. The standard InChI is InChI=1S/C20H25N3O.ClH/c1-15-13-22(2)18-10-6-7-11-19(18)23(14-15)20(24)12-17(21)16-8-4-3-5-9-16;/h3-11,15,17H,12-14,21H2,1-2H3;1H. The predicted molar refractivity (Wildman–Crippen MR) is 106 cm³/mol. The van der Waals surface area contributed by atoms with Crippen LogP contribution in [0.3, 0.4) is 0 Å². The Labute approximate surface area is 156 Å². The third-order valence-corrected chi connectivity index (χ3v) is 4.59. The van der Waals surface area contributed by atoms with E-state index in [9.17, 15) is 4.79 Å². The average Bonchev–Trinajstić information content (AvgIpc) is 2.72. The molecule has 3 rings (SSSR count). The van der Waals surface area contributed by atoms with Gasteiger partial charge in [0.2, 0.25) is 5.91 Å². The van der Waals surface area contributed by atoms with Gasteiger partial charge in [0, 0.05) is 32.6 Å². The summed E-state index contributed by atoms with van der Waals surface area (Å²) in [6.45, 7) is 3.84. The molecular weight excluding hydrogens is 334 g/mol. The van der Waals surface area contributed by atoms with E-state index in [1.807, 2.05) is 53.4 Å². The van der Waals surface area contributed by atoms with E-state index in [2.05, 4.69) is 24.9 Å². The van der Waals surface area contributed by atoms with Gasteiger partial charge in [0.15, 0.2) is 0 Å². The number of anilines is 2. The maximum Gasteiger partial charge on any atom is 0.228 e. The number of hydrogen-bond donors (Lipinski definition) is 1. The Hall–Kier alpha value is -2.04. The fraction of sp³-hybridized carbons (Fsp3) is 0.350. The second-order valence-electron chi connectivity index (χ2n) is 6.70. The average molecular weight is 360 g/mol. The molecule has 2 unspecified atom stereocenters. The van der Waals surface area contributed by atoms with Crippen molar-refractivity contribution in [2.75, 3.05) is 29.9 Å². The molecule has 0 aliphatic carbocycles. The van der Waals surface area contributed by atoms with E-state index < -0.39 is 0 Å². The van der Waals surface area contributed by atoms with Gasteiger partial charge in [-0.3, -0.25) is 4.79 Å². The summed E-state index contributed by atoms with van der Waals surface area (Å²) in [5.41, 5.74) is 9.35. The molecule has 1 aliphatic heterocycles. The van der Waals surface area contributed by atoms with Crippen LogP contribution in [0.5, 0.6) is 0 Å². The quantitative estimate of drug-likeness (QED) is 0.910. The first kappa shape index (κ1) is 19.3. The lowest BCUT2D eigenvalue weighted by molar-refractivity contribution is -0.119. The molecular formula is C20H26ClN3O. The topological polar surface area (TPSA) is 49.6 Å². The number of benzene rings is 2. The number of rotatable bonds is 3. The SMILES string of the molecule is CC1CN(C)c2ccccc2N(C(=O)CC(N)c2ccccc2)C1.Cl. The third-order valence-electron chi connectivity index (χ3n) is 4.59. The fourth-order valence-corrected chi connectivity index (χ4v) is 3.40. The maximum atomic E-state index is 13.0. The maximum absolute atomic E-state index is 13.0. The van der Waals surface area contributed by atoms with Crippen LogP contribution >= 0.6 is 12.4 Å². The van der Waals surface area contributed by atoms with E-state index >= 15 is 0 Å². The molecule has 0 bridgehead atoms. The van der Waals surface area contributed by atoms with Crippen LogP contribution < -0.4 is 15.5 Å². The first-order valence-corrected chi connectivity index (χ1v) is 8.47. The molecule has 2 N–H and O–H groups in total. The number of nitrogens with two attached hydrogens (primary N) is 1. The van der Waals surface area contributed by atoms with Crippen molar-refractivity contribution in [1.29, 1.82) is 0 Å². The van der Waals surface area contributed by atoms with Gasteiger partial charge in [-0.1, -0.05) is 49.4 Å². The smallest absolute Gasteiger partial charge is 0.228 e. The van der Waals surface area contributed by atoms with E-state index in [0.717, 1.165) is 30.0 Å². The Balaban J connectivity index is 0.00000225. The highest BCUT2D eigenvalue weighted by atomic mass is 35.5. The van der Waals surface area contributed by atoms with Crippen LogP contribution in [0.1, 0.15) is 24.9 Å². The van der Waals surface area contributed by atoms with Crippen molar-refractivity contribution in [3.8, 4) is 0 Å². The van der Waals surface area contributed by atoms with Gasteiger partial charge >= 0.3 is 0 Å². The van der Waals surface area contributed by atoms with Gasteiger partial charge in [-0.2, -0.15) is 0 Å². The van der Waals surface area contributed by atoms with E-state index in [-0.39, 0.29) is 24.4 Å². The van der Waals surface area contributed by atoms with Crippen molar-refractivity contribution in [1.82, 2.24) is 0 Å². The molecule has 0 saturated carbocycles. The molecule has 4 nitrogen and oxygen atoms in total. The van der Waals surface area contributed by atoms with Gasteiger partial charge in [0.1, 0.15) is 0 Å². The Morgan fingerprint density at radius 1 is 1.08 bits per heavy atom. The molecule has 0 radical (unpaired) electrons. The molecule has 5 heteroatoms. The summed E-state index contributed by atoms with van der Waals surface area (Å²) in [6, 6.07) is 17.7. The van der Waals surface area contributed by atoms with Gasteiger partial charge in [-0.15, -0.1) is 12.4 Å². The lowest BCUT2D eigenvalue weighted by Gasteiger charge is -2.26. The molecule has 134 valence electrons. The van der Waals surface area contributed by atoms with Gasteiger partial charge in [0.05, 0.1) is 11.4 Å². The molecule has 25 heavy (non-hydrogen) atoms.